The number of nitrogen functional groups attached to an aromatic ring is 1. The average molecular weight is 417 g/mol. The third-order valence-corrected chi connectivity index (χ3v) is 4.53. The first-order valence-electron chi connectivity index (χ1n) is 10.2. The van der Waals surface area contributed by atoms with E-state index in [0.29, 0.717) is 12.3 Å². The molecule has 1 amide bonds. The molecule has 0 fully saturated rings. The molecule has 0 saturated heterocycles. The van der Waals surface area contributed by atoms with Crippen molar-refractivity contribution in [2.45, 2.75) is 54.2 Å². The Morgan fingerprint density at radius 3 is 2.23 bits per heavy atom. The molecule has 2 aromatic rings. The molecule has 164 valence electrons. The van der Waals surface area contributed by atoms with E-state index < -0.39 is 23.3 Å². The highest BCUT2D eigenvalue weighted by molar-refractivity contribution is 5.98. The van der Waals surface area contributed by atoms with Gasteiger partial charge in [0.1, 0.15) is 11.6 Å². The molecule has 2 rings (SSSR count). The van der Waals surface area contributed by atoms with E-state index in [2.05, 4.69) is 4.98 Å². The number of anilines is 2. The molecule has 1 unspecified atom stereocenters. The number of nitrogens with one attached hydrogen (secondary N) is 1. The van der Waals surface area contributed by atoms with Gasteiger partial charge in [0.05, 0.1) is 0 Å². The Balaban J connectivity index is 2.46. The van der Waals surface area contributed by atoms with Crippen molar-refractivity contribution < 1.29 is 9.53 Å². The van der Waals surface area contributed by atoms with E-state index in [9.17, 15) is 14.4 Å². The van der Waals surface area contributed by atoms with Gasteiger partial charge in [-0.15, -0.1) is 0 Å². The number of aromatic nitrogens is 2. The van der Waals surface area contributed by atoms with E-state index >= 15 is 0 Å². The fraction of sp³-hybridized carbons (Fsp3) is 0.500. The van der Waals surface area contributed by atoms with Crippen molar-refractivity contribution in [3.8, 4) is 5.75 Å². The molecule has 1 heterocycles. The van der Waals surface area contributed by atoms with Crippen molar-refractivity contribution in [3.63, 3.8) is 0 Å². The zero-order valence-electron chi connectivity index (χ0n) is 18.6. The maximum Gasteiger partial charge on any atom is 0.330 e. The first-order valence-corrected chi connectivity index (χ1v) is 10.2. The minimum absolute atomic E-state index is 0.0195. The number of amides is 1. The van der Waals surface area contributed by atoms with Crippen LogP contribution in [0.1, 0.15) is 40.2 Å². The lowest BCUT2D eigenvalue weighted by molar-refractivity contribution is -0.124. The van der Waals surface area contributed by atoms with E-state index in [0.717, 1.165) is 5.56 Å². The van der Waals surface area contributed by atoms with Crippen molar-refractivity contribution in [3.05, 3.63) is 50.7 Å². The third-order valence-electron chi connectivity index (χ3n) is 4.53. The zero-order chi connectivity index (χ0) is 22.6. The predicted molar refractivity (Wildman–Crippen MR) is 119 cm³/mol. The average Bonchev–Trinajstić information content (AvgIpc) is 2.65. The van der Waals surface area contributed by atoms with Crippen LogP contribution in [0.3, 0.4) is 0 Å². The summed E-state index contributed by atoms with van der Waals surface area (Å²) in [5.74, 6) is 0.314. The number of nitrogens with two attached hydrogens (primary N) is 1. The Labute approximate surface area is 176 Å². The van der Waals surface area contributed by atoms with Crippen LogP contribution in [0.4, 0.5) is 11.5 Å². The van der Waals surface area contributed by atoms with Crippen molar-refractivity contribution in [2.75, 3.05) is 17.2 Å². The molecule has 8 heteroatoms. The van der Waals surface area contributed by atoms with Crippen LogP contribution in [-0.2, 0) is 11.3 Å². The molecular weight excluding hydrogens is 384 g/mol. The number of carbonyl (C=O) groups is 1. The van der Waals surface area contributed by atoms with Crippen LogP contribution in [0.25, 0.3) is 0 Å². The van der Waals surface area contributed by atoms with Crippen molar-refractivity contribution in [1.82, 2.24) is 9.55 Å². The molecule has 0 aliphatic heterocycles. The molecule has 8 nitrogen and oxygen atoms in total. The highest BCUT2D eigenvalue weighted by Gasteiger charge is 2.29. The van der Waals surface area contributed by atoms with E-state index in [4.69, 9.17) is 10.5 Å². The van der Waals surface area contributed by atoms with Crippen molar-refractivity contribution in [1.29, 1.82) is 0 Å². The molecule has 0 bridgehead atoms. The van der Waals surface area contributed by atoms with Gasteiger partial charge >= 0.3 is 5.69 Å². The molecule has 1 aromatic heterocycles. The molecule has 0 aliphatic rings. The van der Waals surface area contributed by atoms with E-state index in [1.54, 1.807) is 19.1 Å². The van der Waals surface area contributed by atoms with Crippen LogP contribution in [-0.4, -0.2) is 28.1 Å². The van der Waals surface area contributed by atoms with Gasteiger partial charge in [0.25, 0.3) is 11.5 Å². The van der Waals surface area contributed by atoms with Gasteiger partial charge in [0.15, 0.2) is 11.8 Å². The summed E-state index contributed by atoms with van der Waals surface area (Å²) in [7, 11) is 0. The number of aromatic amines is 1. The molecule has 0 aliphatic carbocycles. The second-order valence-corrected chi connectivity index (χ2v) is 8.41. The Bertz CT molecular complexity index is 990. The lowest BCUT2D eigenvalue weighted by Crippen LogP contribution is -2.47. The summed E-state index contributed by atoms with van der Waals surface area (Å²) in [6.45, 7) is 11.9. The predicted octanol–water partition coefficient (Wildman–Crippen LogP) is 2.54. The molecule has 3 N–H and O–H groups in total. The second-order valence-electron chi connectivity index (χ2n) is 8.41. The number of hydrogen-bond acceptors (Lipinski definition) is 5. The molecule has 1 aromatic carbocycles. The summed E-state index contributed by atoms with van der Waals surface area (Å²) in [6, 6.07) is 7.36. The third kappa shape index (κ3) is 5.52. The van der Waals surface area contributed by atoms with Gasteiger partial charge in [-0.05, 0) is 37.8 Å². The first-order chi connectivity index (χ1) is 14.0. The summed E-state index contributed by atoms with van der Waals surface area (Å²) in [4.78, 5) is 41.8. The maximum absolute atomic E-state index is 13.3. The van der Waals surface area contributed by atoms with Crippen LogP contribution in [0.2, 0.25) is 0 Å². The summed E-state index contributed by atoms with van der Waals surface area (Å²) in [5, 5.41) is 0. The molecule has 1 atom stereocenters. The van der Waals surface area contributed by atoms with E-state index in [1.807, 2.05) is 46.8 Å². The van der Waals surface area contributed by atoms with Crippen LogP contribution in [0.15, 0.2) is 33.9 Å². The summed E-state index contributed by atoms with van der Waals surface area (Å²) >= 11 is 0. The number of carbonyl (C=O) groups excluding carboxylic acids is 1. The van der Waals surface area contributed by atoms with Crippen molar-refractivity contribution in [2.24, 2.45) is 11.8 Å². The monoisotopic (exact) mass is 416 g/mol. The van der Waals surface area contributed by atoms with Crippen LogP contribution in [0, 0.1) is 18.8 Å². The van der Waals surface area contributed by atoms with Crippen molar-refractivity contribution >= 4 is 17.4 Å². The fourth-order valence-corrected chi connectivity index (χ4v) is 3.13. The zero-order valence-corrected chi connectivity index (χ0v) is 18.6. The van der Waals surface area contributed by atoms with Gasteiger partial charge in [0, 0.05) is 13.1 Å². The van der Waals surface area contributed by atoms with Gasteiger partial charge in [-0.25, -0.2) is 4.79 Å². The summed E-state index contributed by atoms with van der Waals surface area (Å²) < 4.78 is 7.10. The van der Waals surface area contributed by atoms with Crippen LogP contribution in [0.5, 0.6) is 5.75 Å². The maximum atomic E-state index is 13.3. The first kappa shape index (κ1) is 23.3. The molecule has 0 radical (unpaired) electrons. The number of rotatable bonds is 8. The molecule has 0 spiro atoms. The van der Waals surface area contributed by atoms with Gasteiger partial charge in [0.2, 0.25) is 0 Å². The highest BCUT2D eigenvalue weighted by atomic mass is 16.5. The lowest BCUT2D eigenvalue weighted by Gasteiger charge is -2.28. The standard InChI is InChI=1S/C22H32N4O4/c1-13(2)11-25(21(28)16(6)30-17-9-7-15(5)8-10-17)18-19(23)26(12-14(3)4)22(29)24-20(18)27/h7-10,13-14,16H,11-12,23H2,1-6H3,(H,24,27,29). The van der Waals surface area contributed by atoms with Gasteiger partial charge in [-0.1, -0.05) is 45.4 Å². The van der Waals surface area contributed by atoms with E-state index in [-0.39, 0.29) is 29.9 Å². The quantitative estimate of drug-likeness (QED) is 0.687. The Hall–Kier alpha value is -3.03. The SMILES string of the molecule is Cc1ccc(OC(C)C(=O)N(CC(C)C)c2c(N)n(CC(C)C)c(=O)[nH]c2=O)cc1. The smallest absolute Gasteiger partial charge is 0.330 e. The lowest BCUT2D eigenvalue weighted by atomic mass is 10.1. The largest absolute Gasteiger partial charge is 0.481 e. The number of benzene rings is 1. The van der Waals surface area contributed by atoms with Gasteiger partial charge in [-0.3, -0.25) is 19.1 Å². The Morgan fingerprint density at radius 1 is 1.10 bits per heavy atom. The Morgan fingerprint density at radius 2 is 1.70 bits per heavy atom. The normalized spacial score (nSPS) is 12.3. The number of ether oxygens (including phenoxy) is 1. The van der Waals surface area contributed by atoms with Gasteiger partial charge < -0.3 is 15.4 Å². The minimum atomic E-state index is -0.851. The van der Waals surface area contributed by atoms with Gasteiger partial charge in [-0.2, -0.15) is 0 Å². The number of aryl methyl sites for hydroxylation is 1. The summed E-state index contributed by atoms with van der Waals surface area (Å²) in [6.07, 6.45) is -0.851. The number of H-pyrrole nitrogens is 1. The fourth-order valence-electron chi connectivity index (χ4n) is 3.13. The molecule has 30 heavy (non-hydrogen) atoms. The molecular formula is C22H32N4O4. The summed E-state index contributed by atoms with van der Waals surface area (Å²) in [5.41, 5.74) is 6.01. The topological polar surface area (TPSA) is 110 Å². The number of hydrogen-bond donors (Lipinski definition) is 2. The highest BCUT2D eigenvalue weighted by Crippen LogP contribution is 2.22. The molecule has 0 saturated carbocycles. The Kier molecular flexibility index (Phi) is 7.48. The van der Waals surface area contributed by atoms with E-state index in [1.165, 1.54) is 9.47 Å². The minimum Gasteiger partial charge on any atom is -0.481 e. The van der Waals surface area contributed by atoms with Crippen LogP contribution < -0.4 is 26.6 Å². The number of nitrogens with zero attached hydrogens (tertiary/aromatic N) is 2. The van der Waals surface area contributed by atoms with Crippen LogP contribution >= 0.6 is 0 Å². The second kappa shape index (κ2) is 9.65.